The molecule has 1 aromatic heterocycles. The van der Waals surface area contributed by atoms with E-state index in [0.29, 0.717) is 14.5 Å². The maximum atomic E-state index is 14.5. The Kier molecular flexibility index (Phi) is 41.7. The molecule has 16 nitrogen and oxygen atoms in total. The van der Waals surface area contributed by atoms with Crippen LogP contribution >= 0.6 is 61.3 Å². The summed E-state index contributed by atoms with van der Waals surface area (Å²) in [6.45, 7) is 38.0. The first-order chi connectivity index (χ1) is 32.7. The number of nitrogens with zero attached hydrogens (tertiary/aromatic N) is 4. The van der Waals surface area contributed by atoms with Gasteiger partial charge in [0.1, 0.15) is 29.4 Å². The van der Waals surface area contributed by atoms with E-state index in [1.54, 1.807) is 7.11 Å². The van der Waals surface area contributed by atoms with Crippen molar-refractivity contribution in [2.75, 3.05) is 12.4 Å². The second-order valence-corrected chi connectivity index (χ2v) is 35.4. The van der Waals surface area contributed by atoms with Crippen LogP contribution in [-0.2, 0) is 37.7 Å². The zero-order valence-electron chi connectivity index (χ0n) is 45.9. The number of nitro groups is 2. The Morgan fingerprint density at radius 1 is 0.649 bits per heavy atom. The van der Waals surface area contributed by atoms with Crippen molar-refractivity contribution in [2.24, 2.45) is 0 Å². The summed E-state index contributed by atoms with van der Waals surface area (Å²) in [6, 6.07) is 7.63. The summed E-state index contributed by atoms with van der Waals surface area (Å²) in [5.74, 6) is -2.76. The summed E-state index contributed by atoms with van der Waals surface area (Å²) in [6.07, 6.45) is -0.281. The molecule has 0 amide bonds. The fourth-order valence-electron chi connectivity index (χ4n) is 5.37. The van der Waals surface area contributed by atoms with E-state index in [4.69, 9.17) is 30.4 Å². The summed E-state index contributed by atoms with van der Waals surface area (Å²) in [5.41, 5.74) is -0.903. The van der Waals surface area contributed by atoms with E-state index in [0.717, 1.165) is 29.5 Å². The van der Waals surface area contributed by atoms with Crippen molar-refractivity contribution in [3.63, 3.8) is 0 Å². The van der Waals surface area contributed by atoms with Crippen molar-refractivity contribution < 1.29 is 57.8 Å². The van der Waals surface area contributed by atoms with Crippen LogP contribution < -0.4 is 5.32 Å². The molecule has 2 atom stereocenters. The van der Waals surface area contributed by atoms with E-state index < -0.39 is 73.8 Å². The molecule has 0 aliphatic heterocycles. The Bertz CT molecular complexity index is 2730. The van der Waals surface area contributed by atoms with Crippen LogP contribution in [0.2, 0.25) is 36.3 Å². The molecule has 1 N–H and O–H groups in total. The van der Waals surface area contributed by atoms with E-state index in [-0.39, 0.29) is 85.3 Å². The van der Waals surface area contributed by atoms with Crippen molar-refractivity contribution >= 4 is 168 Å². The number of aromatic nitrogens is 2. The van der Waals surface area contributed by atoms with Crippen molar-refractivity contribution in [1.29, 1.82) is 0 Å². The number of anilines is 1. The number of methoxy groups -OCH3 is 1. The summed E-state index contributed by atoms with van der Waals surface area (Å²) >= 11 is 12.2. The fraction of sp³-hybridized carbons (Fsp3) is 0.596. The summed E-state index contributed by atoms with van der Waals surface area (Å²) in [4.78, 5) is 23.6. The van der Waals surface area contributed by atoms with Gasteiger partial charge in [0.05, 0.1) is 15.4 Å². The first kappa shape index (κ1) is 87.4. The topological polar surface area (TPSA) is 212 Å². The quantitative estimate of drug-likeness (QED) is 0.0544. The number of benzene rings is 3. The molecule has 0 saturated heterocycles. The van der Waals surface area contributed by atoms with Crippen LogP contribution in [0.25, 0.3) is 11.0 Å². The van der Waals surface area contributed by atoms with Crippen LogP contribution in [0.3, 0.4) is 0 Å². The molecule has 4 aromatic rings. The third-order valence-corrected chi connectivity index (χ3v) is 22.0. The average Bonchev–Trinajstić information content (AvgIpc) is 3.58. The predicted octanol–water partition coefficient (Wildman–Crippen LogP) is 16.0. The van der Waals surface area contributed by atoms with Gasteiger partial charge in [-0.1, -0.05) is 112 Å². The Labute approximate surface area is 520 Å². The maximum absolute atomic E-state index is 14.5. The van der Waals surface area contributed by atoms with Crippen LogP contribution in [0.4, 0.5) is 34.6 Å². The molecule has 436 valence electrons. The SMILES string of the molecule is C.C.C.CC(C)(C)Nc1cc(Br)cc(F)c1[N+](=O)[O-].CO[C@H](C)O[Si](C)(C)C(C)(C)C.C[C@H](O[Si](C)(C)C(C)(C)C)c1nc2c(F)cc(Br)cc2n1C(C)(C)C.O=S(=O)=S(=O)=O.O=[N+]([O-])c1c(F)cc(Br)cc1F.S.[Na][Na]. The van der Waals surface area contributed by atoms with Crippen molar-refractivity contribution in [1.82, 2.24) is 9.55 Å². The molecule has 0 bridgehead atoms. The molecule has 0 unspecified atom stereocenters. The standard InChI is InChI=1S/C19H30BrFN2OSi.C10H12BrFN2O2.C9H22O2Si.C6H2BrF2NO2.3CH4.2Na.O4S2.H2S/c1-12(24-25(8,9)19(5,6)7)17-22-16-14(21)10-13(20)11-15(16)23(17)18(2,3)4;1-10(2,3)13-8-5-6(11)4-7(12)9(8)14(15)16;1-8(10-5)11-12(6,7)9(2,3)4;7-3-1-4(8)6(10(11)12)5(9)2-3;;;;;;1-5(2)6(3)4;/h10-12H,1-9H3;4-5,13H,1-3H3;8H,1-7H3;1-2H;3*1H4;;;;1H2/t12-;;8-;;;;;;;;/m0.0......../s1. The van der Waals surface area contributed by atoms with Crippen LogP contribution in [-0.4, -0.2) is 115 Å². The third-order valence-electron chi connectivity index (χ3n) is 10.6. The van der Waals surface area contributed by atoms with Gasteiger partial charge in [-0.15, -0.1) is 0 Å². The molecule has 0 spiro atoms. The van der Waals surface area contributed by atoms with Gasteiger partial charge in [0.2, 0.25) is 17.5 Å². The van der Waals surface area contributed by atoms with Crippen LogP contribution in [0.1, 0.15) is 131 Å². The zero-order valence-corrected chi connectivity index (χ0v) is 59.3. The van der Waals surface area contributed by atoms with Crippen LogP contribution in [0.15, 0.2) is 49.8 Å². The molecule has 77 heavy (non-hydrogen) atoms. The van der Waals surface area contributed by atoms with E-state index in [1.807, 2.05) is 40.7 Å². The molecule has 3 aromatic carbocycles. The second kappa shape index (κ2) is 36.7. The van der Waals surface area contributed by atoms with Gasteiger partial charge in [0.15, 0.2) is 22.5 Å². The van der Waals surface area contributed by atoms with Gasteiger partial charge in [0, 0.05) is 31.6 Å². The molecule has 30 heteroatoms. The molecular weight excluding hydrogens is 1320 g/mol. The fourth-order valence-corrected chi connectivity index (χ4v) is 9.24. The normalized spacial score (nSPS) is 12.0. The first-order valence-electron chi connectivity index (χ1n) is 22.4. The number of nitro benzene ring substituents is 2. The van der Waals surface area contributed by atoms with Gasteiger partial charge in [-0.05, 0) is 128 Å². The number of hydrogen-bond acceptors (Lipinski definition) is 13. The zero-order chi connectivity index (χ0) is 58.3. The van der Waals surface area contributed by atoms with Gasteiger partial charge in [0.25, 0.3) is 0 Å². The molecule has 0 radical (unpaired) electrons. The van der Waals surface area contributed by atoms with Crippen LogP contribution in [0.5, 0.6) is 0 Å². The first-order valence-corrected chi connectivity index (χ1v) is 41.2. The van der Waals surface area contributed by atoms with Crippen LogP contribution in [0, 0.1) is 43.5 Å². The van der Waals surface area contributed by atoms with Gasteiger partial charge >= 0.3 is 73.5 Å². The molecule has 0 fully saturated rings. The monoisotopic (exact) mass is 1400 g/mol. The summed E-state index contributed by atoms with van der Waals surface area (Å²) in [5, 5.41) is 24.1. The third kappa shape index (κ3) is 29.8. The number of rotatable bonds is 9. The van der Waals surface area contributed by atoms with E-state index >= 15 is 0 Å². The number of ether oxygens (including phenoxy) is 1. The number of halogens is 7. The second-order valence-electron chi connectivity index (χ2n) is 20.7. The van der Waals surface area contributed by atoms with Gasteiger partial charge in [-0.2, -0.15) is 43.5 Å². The minimum atomic E-state index is -2.95. The molecule has 0 aliphatic carbocycles. The van der Waals surface area contributed by atoms with Crippen molar-refractivity contribution in [3.8, 4) is 0 Å². The molecule has 0 aliphatic rings. The average molecular weight is 1410 g/mol. The molecule has 0 saturated carbocycles. The van der Waals surface area contributed by atoms with Crippen molar-refractivity contribution in [3.05, 3.63) is 99.1 Å². The van der Waals surface area contributed by atoms with E-state index in [9.17, 15) is 37.8 Å². The Hall–Kier alpha value is -0.806. The number of nitrogens with one attached hydrogen (secondary N) is 1. The Morgan fingerprint density at radius 2 is 0.987 bits per heavy atom. The van der Waals surface area contributed by atoms with E-state index in [2.05, 4.69) is 151 Å². The Balaban J connectivity index is -0.000000213. The van der Waals surface area contributed by atoms with Crippen molar-refractivity contribution in [2.45, 2.75) is 179 Å². The Morgan fingerprint density at radius 3 is 1.31 bits per heavy atom. The number of hydrogen-bond donors (Lipinski definition) is 1. The molecule has 1 heterocycles. The van der Waals surface area contributed by atoms with Gasteiger partial charge in [-0.25, -0.2) is 9.37 Å². The number of fused-ring (bicyclic) bond motifs is 1. The number of imidazole rings is 1. The van der Waals surface area contributed by atoms with Gasteiger partial charge < -0.3 is 23.5 Å². The molecular formula is C47H80Br3F4N5Na2O11S3Si2. The minimum absolute atomic E-state index is 0. The molecule has 4 rings (SSSR count). The summed E-state index contributed by atoms with van der Waals surface area (Å²) < 4.78 is 110. The summed E-state index contributed by atoms with van der Waals surface area (Å²) in [7, 11) is -7.80. The van der Waals surface area contributed by atoms with Gasteiger partial charge in [-0.3, -0.25) is 20.2 Å². The van der Waals surface area contributed by atoms with E-state index in [1.165, 1.54) is 55.8 Å². The predicted molar refractivity (Wildman–Crippen MR) is 329 cm³/mol.